The van der Waals surface area contributed by atoms with Gasteiger partial charge in [0.25, 0.3) is 5.91 Å². The standard InChI is InChI=1S/C21H24ClNO4/c1-4-27-16-9-7-14(8-10-16)18-6-5-11-23(18)21(24)15-12-17(22)20(26-3)19(13-15)25-2/h7-10,12-13,18H,4-6,11H2,1-3H3. The molecule has 0 aromatic heterocycles. The Balaban J connectivity index is 1.86. The zero-order valence-electron chi connectivity index (χ0n) is 15.8. The predicted molar refractivity (Wildman–Crippen MR) is 105 cm³/mol. The van der Waals surface area contributed by atoms with Crippen molar-refractivity contribution >= 4 is 17.5 Å². The summed E-state index contributed by atoms with van der Waals surface area (Å²) in [6.45, 7) is 3.30. The van der Waals surface area contributed by atoms with Crippen molar-refractivity contribution < 1.29 is 19.0 Å². The monoisotopic (exact) mass is 389 g/mol. The van der Waals surface area contributed by atoms with Crippen molar-refractivity contribution in [2.45, 2.75) is 25.8 Å². The molecule has 0 spiro atoms. The largest absolute Gasteiger partial charge is 0.494 e. The molecular formula is C21H24ClNO4. The van der Waals surface area contributed by atoms with Crippen LogP contribution in [0.3, 0.4) is 0 Å². The van der Waals surface area contributed by atoms with Gasteiger partial charge in [0.2, 0.25) is 0 Å². The summed E-state index contributed by atoms with van der Waals surface area (Å²) < 4.78 is 16.1. The number of amides is 1. The van der Waals surface area contributed by atoms with E-state index in [2.05, 4.69) is 0 Å². The van der Waals surface area contributed by atoms with Crippen LogP contribution in [0.4, 0.5) is 0 Å². The Hall–Kier alpha value is -2.40. The van der Waals surface area contributed by atoms with Gasteiger partial charge < -0.3 is 19.1 Å². The number of halogens is 1. The second-order valence-electron chi connectivity index (χ2n) is 6.35. The maximum absolute atomic E-state index is 13.2. The molecule has 1 saturated heterocycles. The van der Waals surface area contributed by atoms with E-state index < -0.39 is 0 Å². The molecule has 3 rings (SSSR count). The number of hydrogen-bond donors (Lipinski definition) is 0. The minimum atomic E-state index is -0.0609. The molecule has 2 aromatic rings. The van der Waals surface area contributed by atoms with Crippen LogP contribution in [0.5, 0.6) is 17.2 Å². The number of rotatable bonds is 6. The van der Waals surface area contributed by atoms with Crippen molar-refractivity contribution in [3.63, 3.8) is 0 Å². The van der Waals surface area contributed by atoms with E-state index in [0.29, 0.717) is 35.2 Å². The Labute approximate surface area is 164 Å². The van der Waals surface area contributed by atoms with Gasteiger partial charge in [-0.15, -0.1) is 0 Å². The maximum Gasteiger partial charge on any atom is 0.254 e. The normalized spacial score (nSPS) is 16.3. The van der Waals surface area contributed by atoms with E-state index in [0.717, 1.165) is 24.2 Å². The molecule has 0 N–H and O–H groups in total. The predicted octanol–water partition coefficient (Wildman–Crippen LogP) is 4.73. The summed E-state index contributed by atoms with van der Waals surface area (Å²) in [5.41, 5.74) is 1.60. The van der Waals surface area contributed by atoms with E-state index >= 15 is 0 Å². The van der Waals surface area contributed by atoms with Crippen LogP contribution in [0.15, 0.2) is 36.4 Å². The molecule has 1 amide bonds. The molecule has 1 aliphatic heterocycles. The lowest BCUT2D eigenvalue weighted by atomic mass is 10.0. The fourth-order valence-electron chi connectivity index (χ4n) is 3.52. The van der Waals surface area contributed by atoms with Crippen molar-refractivity contribution in [3.05, 3.63) is 52.5 Å². The zero-order valence-corrected chi connectivity index (χ0v) is 16.6. The van der Waals surface area contributed by atoms with E-state index in [-0.39, 0.29) is 11.9 Å². The molecule has 144 valence electrons. The molecule has 5 nitrogen and oxygen atoms in total. The van der Waals surface area contributed by atoms with Crippen LogP contribution < -0.4 is 14.2 Å². The van der Waals surface area contributed by atoms with Crippen LogP contribution >= 0.6 is 11.6 Å². The van der Waals surface area contributed by atoms with E-state index in [1.165, 1.54) is 14.2 Å². The Morgan fingerprint density at radius 3 is 2.56 bits per heavy atom. The van der Waals surface area contributed by atoms with Gasteiger partial charge in [-0.1, -0.05) is 23.7 Å². The molecule has 6 heteroatoms. The molecule has 2 aromatic carbocycles. The Morgan fingerprint density at radius 2 is 1.93 bits per heavy atom. The number of benzene rings is 2. The minimum absolute atomic E-state index is 0.0417. The fraction of sp³-hybridized carbons (Fsp3) is 0.381. The molecule has 0 bridgehead atoms. The summed E-state index contributed by atoms with van der Waals surface area (Å²) in [7, 11) is 3.05. The Kier molecular flexibility index (Phi) is 6.11. The number of carbonyl (C=O) groups excluding carboxylic acids is 1. The highest BCUT2D eigenvalue weighted by Gasteiger charge is 2.31. The van der Waals surface area contributed by atoms with Crippen LogP contribution in [-0.4, -0.2) is 38.2 Å². The molecule has 1 fully saturated rings. The first-order valence-electron chi connectivity index (χ1n) is 9.04. The van der Waals surface area contributed by atoms with E-state index in [4.69, 9.17) is 25.8 Å². The highest BCUT2D eigenvalue weighted by molar-refractivity contribution is 6.32. The summed E-state index contributed by atoms with van der Waals surface area (Å²) in [4.78, 5) is 15.1. The van der Waals surface area contributed by atoms with Gasteiger partial charge in [0.15, 0.2) is 11.5 Å². The van der Waals surface area contributed by atoms with E-state index in [1.807, 2.05) is 36.1 Å². The average molecular weight is 390 g/mol. The van der Waals surface area contributed by atoms with Crippen LogP contribution in [0.25, 0.3) is 0 Å². The van der Waals surface area contributed by atoms with Crippen LogP contribution in [-0.2, 0) is 0 Å². The van der Waals surface area contributed by atoms with Gasteiger partial charge in [-0.2, -0.15) is 0 Å². The number of carbonyl (C=O) groups is 1. The molecule has 1 heterocycles. The average Bonchev–Trinajstić information content (AvgIpc) is 3.17. The first-order valence-corrected chi connectivity index (χ1v) is 9.42. The maximum atomic E-state index is 13.2. The Morgan fingerprint density at radius 1 is 1.19 bits per heavy atom. The molecule has 1 aliphatic rings. The summed E-state index contributed by atoms with van der Waals surface area (Å²) in [5, 5.41) is 0.358. The van der Waals surface area contributed by atoms with Gasteiger partial charge in [-0.05, 0) is 49.6 Å². The summed E-state index contributed by atoms with van der Waals surface area (Å²) in [6, 6.07) is 11.3. The molecule has 0 radical (unpaired) electrons. The van der Waals surface area contributed by atoms with Gasteiger partial charge in [0.05, 0.1) is 31.9 Å². The smallest absolute Gasteiger partial charge is 0.254 e. The number of likely N-dealkylation sites (tertiary alicyclic amines) is 1. The van der Waals surface area contributed by atoms with Gasteiger partial charge in [-0.3, -0.25) is 4.79 Å². The fourth-order valence-corrected chi connectivity index (χ4v) is 3.80. The van der Waals surface area contributed by atoms with Crippen molar-refractivity contribution in [1.82, 2.24) is 4.90 Å². The third-order valence-electron chi connectivity index (χ3n) is 4.77. The second-order valence-corrected chi connectivity index (χ2v) is 6.76. The zero-order chi connectivity index (χ0) is 19.4. The molecular weight excluding hydrogens is 366 g/mol. The lowest BCUT2D eigenvalue weighted by molar-refractivity contribution is 0.0735. The van der Waals surface area contributed by atoms with Crippen molar-refractivity contribution in [2.24, 2.45) is 0 Å². The molecule has 1 unspecified atom stereocenters. The topological polar surface area (TPSA) is 48.0 Å². The first-order chi connectivity index (χ1) is 13.1. The van der Waals surface area contributed by atoms with Gasteiger partial charge >= 0.3 is 0 Å². The molecule has 27 heavy (non-hydrogen) atoms. The number of methoxy groups -OCH3 is 2. The van der Waals surface area contributed by atoms with Crippen LogP contribution in [0.1, 0.15) is 41.7 Å². The SMILES string of the molecule is CCOc1ccc(C2CCCN2C(=O)c2cc(Cl)c(OC)c(OC)c2)cc1. The highest BCUT2D eigenvalue weighted by atomic mass is 35.5. The quantitative estimate of drug-likeness (QED) is 0.716. The Bertz CT molecular complexity index is 807. The summed E-state index contributed by atoms with van der Waals surface area (Å²) >= 11 is 6.28. The number of nitrogens with zero attached hydrogens (tertiary/aromatic N) is 1. The number of ether oxygens (including phenoxy) is 3. The molecule has 0 aliphatic carbocycles. The summed E-state index contributed by atoms with van der Waals surface area (Å²) in [6.07, 6.45) is 1.89. The van der Waals surface area contributed by atoms with Crippen molar-refractivity contribution in [3.8, 4) is 17.2 Å². The lowest BCUT2D eigenvalue weighted by Gasteiger charge is -2.26. The molecule has 1 atom stereocenters. The van der Waals surface area contributed by atoms with Crippen LogP contribution in [0, 0.1) is 0 Å². The van der Waals surface area contributed by atoms with E-state index in [1.54, 1.807) is 12.1 Å². The van der Waals surface area contributed by atoms with Crippen molar-refractivity contribution in [2.75, 3.05) is 27.4 Å². The summed E-state index contributed by atoms with van der Waals surface area (Å²) in [5.74, 6) is 1.66. The van der Waals surface area contributed by atoms with E-state index in [9.17, 15) is 4.79 Å². The lowest BCUT2D eigenvalue weighted by Crippen LogP contribution is -2.30. The third-order valence-corrected chi connectivity index (χ3v) is 5.05. The number of hydrogen-bond acceptors (Lipinski definition) is 4. The van der Waals surface area contributed by atoms with Gasteiger partial charge in [0, 0.05) is 12.1 Å². The highest BCUT2D eigenvalue weighted by Crippen LogP contribution is 2.38. The van der Waals surface area contributed by atoms with Crippen LogP contribution in [0.2, 0.25) is 5.02 Å². The first kappa shape index (κ1) is 19.4. The minimum Gasteiger partial charge on any atom is -0.494 e. The van der Waals surface area contributed by atoms with Crippen molar-refractivity contribution in [1.29, 1.82) is 0 Å². The second kappa shape index (κ2) is 8.53. The van der Waals surface area contributed by atoms with Gasteiger partial charge in [-0.25, -0.2) is 0 Å². The molecule has 0 saturated carbocycles. The van der Waals surface area contributed by atoms with Gasteiger partial charge in [0.1, 0.15) is 5.75 Å². The third kappa shape index (κ3) is 3.98.